The summed E-state index contributed by atoms with van der Waals surface area (Å²) in [5.41, 5.74) is 1.43. The standard InChI is InChI=1S/C20H16ClFN4O2/c21-14-7-5-13(6-8-14)12-25-9-10-26-18(20(25)28)11-17(24-26)19(27)23-16-4-2-1-3-15(16)22/h1-8,11H,9-10,12H2,(H,23,27). The Bertz CT molecular complexity index is 1050. The second-order valence-electron chi connectivity index (χ2n) is 6.43. The van der Waals surface area contributed by atoms with Crippen LogP contribution in [0.5, 0.6) is 0 Å². The zero-order chi connectivity index (χ0) is 19.7. The van der Waals surface area contributed by atoms with E-state index in [0.29, 0.717) is 30.4 Å². The minimum Gasteiger partial charge on any atom is -0.331 e. The summed E-state index contributed by atoms with van der Waals surface area (Å²) in [4.78, 5) is 26.9. The Hall–Kier alpha value is -3.19. The molecule has 3 aromatic rings. The highest BCUT2D eigenvalue weighted by molar-refractivity contribution is 6.30. The van der Waals surface area contributed by atoms with Crippen molar-refractivity contribution in [2.24, 2.45) is 0 Å². The van der Waals surface area contributed by atoms with E-state index in [4.69, 9.17) is 11.6 Å². The number of hydrogen-bond acceptors (Lipinski definition) is 3. The maximum Gasteiger partial charge on any atom is 0.276 e. The molecular weight excluding hydrogens is 383 g/mol. The van der Waals surface area contributed by atoms with Crippen molar-refractivity contribution in [2.45, 2.75) is 13.1 Å². The number of nitrogens with one attached hydrogen (secondary N) is 1. The summed E-state index contributed by atoms with van der Waals surface area (Å²) >= 11 is 5.90. The van der Waals surface area contributed by atoms with Crippen molar-refractivity contribution in [2.75, 3.05) is 11.9 Å². The number of anilines is 1. The highest BCUT2D eigenvalue weighted by atomic mass is 35.5. The number of amides is 2. The molecule has 0 atom stereocenters. The fourth-order valence-electron chi connectivity index (χ4n) is 3.06. The first-order valence-corrected chi connectivity index (χ1v) is 9.06. The van der Waals surface area contributed by atoms with Gasteiger partial charge in [0.15, 0.2) is 5.69 Å². The van der Waals surface area contributed by atoms with E-state index in [-0.39, 0.29) is 17.3 Å². The average molecular weight is 399 g/mol. The summed E-state index contributed by atoms with van der Waals surface area (Å²) in [5.74, 6) is -1.31. The third-order valence-electron chi connectivity index (χ3n) is 4.51. The first-order chi connectivity index (χ1) is 13.5. The number of fused-ring (bicyclic) bond motifs is 1. The molecule has 1 N–H and O–H groups in total. The Morgan fingerprint density at radius 2 is 1.89 bits per heavy atom. The zero-order valence-electron chi connectivity index (χ0n) is 14.7. The van der Waals surface area contributed by atoms with Gasteiger partial charge in [-0.1, -0.05) is 35.9 Å². The highest BCUT2D eigenvalue weighted by Crippen LogP contribution is 2.19. The Kier molecular flexibility index (Phi) is 4.83. The van der Waals surface area contributed by atoms with Crippen molar-refractivity contribution in [3.63, 3.8) is 0 Å². The highest BCUT2D eigenvalue weighted by Gasteiger charge is 2.28. The van der Waals surface area contributed by atoms with E-state index < -0.39 is 11.7 Å². The van der Waals surface area contributed by atoms with Gasteiger partial charge in [-0.2, -0.15) is 5.10 Å². The van der Waals surface area contributed by atoms with Crippen LogP contribution >= 0.6 is 11.6 Å². The van der Waals surface area contributed by atoms with Crippen LogP contribution in [0.15, 0.2) is 54.6 Å². The number of carbonyl (C=O) groups is 2. The normalized spacial score (nSPS) is 13.4. The topological polar surface area (TPSA) is 67.2 Å². The van der Waals surface area contributed by atoms with Crippen LogP contribution in [0.4, 0.5) is 10.1 Å². The predicted octanol–water partition coefficient (Wildman–Crippen LogP) is 3.58. The fourth-order valence-corrected chi connectivity index (χ4v) is 3.19. The van der Waals surface area contributed by atoms with Gasteiger partial charge in [-0.25, -0.2) is 4.39 Å². The molecule has 0 fully saturated rings. The molecule has 0 spiro atoms. The van der Waals surface area contributed by atoms with E-state index in [2.05, 4.69) is 10.4 Å². The van der Waals surface area contributed by atoms with Gasteiger partial charge in [0.2, 0.25) is 0 Å². The van der Waals surface area contributed by atoms with Gasteiger partial charge in [0.05, 0.1) is 12.2 Å². The molecule has 1 aromatic heterocycles. The summed E-state index contributed by atoms with van der Waals surface area (Å²) in [5, 5.41) is 7.31. The zero-order valence-corrected chi connectivity index (χ0v) is 15.5. The molecule has 2 heterocycles. The smallest absolute Gasteiger partial charge is 0.276 e. The van der Waals surface area contributed by atoms with Crippen molar-refractivity contribution in [3.05, 3.63) is 82.4 Å². The lowest BCUT2D eigenvalue weighted by atomic mass is 10.2. The van der Waals surface area contributed by atoms with Crippen LogP contribution < -0.4 is 5.32 Å². The van der Waals surface area contributed by atoms with E-state index in [9.17, 15) is 14.0 Å². The summed E-state index contributed by atoms with van der Waals surface area (Å²) < 4.78 is 15.2. The van der Waals surface area contributed by atoms with Crippen LogP contribution in [-0.4, -0.2) is 33.0 Å². The quantitative estimate of drug-likeness (QED) is 0.730. The van der Waals surface area contributed by atoms with Crippen LogP contribution in [0.2, 0.25) is 5.02 Å². The van der Waals surface area contributed by atoms with E-state index in [1.54, 1.807) is 23.1 Å². The minimum absolute atomic E-state index is 0.0640. The molecule has 0 bridgehead atoms. The van der Waals surface area contributed by atoms with Gasteiger partial charge in [0.25, 0.3) is 11.8 Å². The maximum absolute atomic E-state index is 13.7. The molecule has 2 aromatic carbocycles. The van der Waals surface area contributed by atoms with E-state index in [0.717, 1.165) is 5.56 Å². The van der Waals surface area contributed by atoms with E-state index >= 15 is 0 Å². The molecular formula is C20H16ClFN4O2. The van der Waals surface area contributed by atoms with Gasteiger partial charge in [0.1, 0.15) is 11.5 Å². The summed E-state index contributed by atoms with van der Waals surface area (Å²) in [6.45, 7) is 1.39. The molecule has 0 unspecified atom stereocenters. The fraction of sp³-hybridized carbons (Fsp3) is 0.150. The SMILES string of the molecule is O=C(Nc1ccccc1F)c1cc2n(n1)CCN(Cc1ccc(Cl)cc1)C2=O. The van der Waals surface area contributed by atoms with Gasteiger partial charge in [-0.15, -0.1) is 0 Å². The predicted molar refractivity (Wildman–Crippen MR) is 103 cm³/mol. The molecule has 8 heteroatoms. The number of halogens is 2. The molecule has 28 heavy (non-hydrogen) atoms. The van der Waals surface area contributed by atoms with Crippen molar-refractivity contribution in [1.82, 2.24) is 14.7 Å². The number of nitrogens with zero attached hydrogens (tertiary/aromatic N) is 3. The van der Waals surface area contributed by atoms with E-state index in [1.165, 1.54) is 28.9 Å². The van der Waals surface area contributed by atoms with Crippen molar-refractivity contribution >= 4 is 29.1 Å². The number of rotatable bonds is 4. The van der Waals surface area contributed by atoms with Crippen LogP contribution in [0.3, 0.4) is 0 Å². The number of hydrogen-bond donors (Lipinski definition) is 1. The third kappa shape index (κ3) is 3.61. The van der Waals surface area contributed by atoms with Crippen LogP contribution in [0.1, 0.15) is 26.5 Å². The molecule has 0 saturated carbocycles. The van der Waals surface area contributed by atoms with Gasteiger partial charge < -0.3 is 10.2 Å². The van der Waals surface area contributed by atoms with Gasteiger partial charge in [-0.05, 0) is 29.8 Å². The summed E-state index contributed by atoms with van der Waals surface area (Å²) in [6, 6.07) is 14.6. The molecule has 1 aliphatic rings. The molecule has 0 radical (unpaired) electrons. The van der Waals surface area contributed by atoms with E-state index in [1.807, 2.05) is 12.1 Å². The molecule has 2 amide bonds. The van der Waals surface area contributed by atoms with Crippen LogP contribution in [0, 0.1) is 5.82 Å². The molecule has 1 aliphatic heterocycles. The van der Waals surface area contributed by atoms with Gasteiger partial charge in [0, 0.05) is 24.2 Å². The van der Waals surface area contributed by atoms with Crippen molar-refractivity contribution in [1.29, 1.82) is 0 Å². The minimum atomic E-state index is -0.566. The third-order valence-corrected chi connectivity index (χ3v) is 4.76. The Morgan fingerprint density at radius 1 is 1.14 bits per heavy atom. The summed E-state index contributed by atoms with van der Waals surface area (Å²) in [6.07, 6.45) is 0. The second kappa shape index (κ2) is 7.44. The molecule has 4 rings (SSSR count). The number of aromatic nitrogens is 2. The second-order valence-corrected chi connectivity index (χ2v) is 6.86. The Labute approximate surface area is 165 Å². The van der Waals surface area contributed by atoms with Crippen LogP contribution in [0.25, 0.3) is 0 Å². The molecule has 142 valence electrons. The Balaban J connectivity index is 1.50. The number of para-hydroxylation sites is 1. The van der Waals surface area contributed by atoms with Crippen molar-refractivity contribution in [3.8, 4) is 0 Å². The lowest BCUT2D eigenvalue weighted by Crippen LogP contribution is -2.39. The van der Waals surface area contributed by atoms with Crippen molar-refractivity contribution < 1.29 is 14.0 Å². The first-order valence-electron chi connectivity index (χ1n) is 8.69. The molecule has 0 aliphatic carbocycles. The molecule has 6 nitrogen and oxygen atoms in total. The molecule has 0 saturated heterocycles. The van der Waals surface area contributed by atoms with Gasteiger partial charge >= 0.3 is 0 Å². The average Bonchev–Trinajstić information content (AvgIpc) is 3.13. The maximum atomic E-state index is 13.7. The first kappa shape index (κ1) is 18.2. The lowest BCUT2D eigenvalue weighted by Gasteiger charge is -2.27. The monoisotopic (exact) mass is 398 g/mol. The largest absolute Gasteiger partial charge is 0.331 e. The number of benzene rings is 2. The Morgan fingerprint density at radius 3 is 2.64 bits per heavy atom. The summed E-state index contributed by atoms with van der Waals surface area (Å²) in [7, 11) is 0. The number of carbonyl (C=O) groups excluding carboxylic acids is 2. The van der Waals surface area contributed by atoms with Gasteiger partial charge in [-0.3, -0.25) is 14.3 Å². The van der Waals surface area contributed by atoms with Crippen LogP contribution in [-0.2, 0) is 13.1 Å². The lowest BCUT2D eigenvalue weighted by molar-refractivity contribution is 0.0683.